The molecule has 0 aliphatic heterocycles. The highest BCUT2D eigenvalue weighted by Gasteiger charge is 2.24. The molecule has 3 aromatic rings. The molecule has 0 unspecified atom stereocenters. The Morgan fingerprint density at radius 2 is 1.88 bits per heavy atom. The monoisotopic (exact) mass is 440 g/mol. The van der Waals surface area contributed by atoms with Crippen LogP contribution in [0.1, 0.15) is 38.1 Å². The number of aromatic nitrogens is 5. The summed E-state index contributed by atoms with van der Waals surface area (Å²) in [5.74, 6) is 1.04. The molecule has 170 valence electrons. The normalized spacial score (nSPS) is 14.3. The fraction of sp³-hybridized carbons (Fsp3) is 0.500. The third kappa shape index (κ3) is 4.56. The summed E-state index contributed by atoms with van der Waals surface area (Å²) >= 11 is 0. The lowest BCUT2D eigenvalue weighted by Gasteiger charge is -2.16. The summed E-state index contributed by atoms with van der Waals surface area (Å²) in [4.78, 5) is 30.0. The third-order valence-electron chi connectivity index (χ3n) is 5.75. The van der Waals surface area contributed by atoms with Gasteiger partial charge in [0.1, 0.15) is 5.75 Å². The number of nitrogens with zero attached hydrogens (tertiary/aromatic N) is 5. The second-order valence-electron chi connectivity index (χ2n) is 7.96. The number of nitrogens with one attached hydrogen (secondary N) is 1. The van der Waals surface area contributed by atoms with Crippen molar-refractivity contribution in [3.63, 3.8) is 0 Å². The van der Waals surface area contributed by atoms with Gasteiger partial charge in [0.25, 0.3) is 5.56 Å². The van der Waals surface area contributed by atoms with E-state index in [2.05, 4.69) is 20.5 Å². The molecule has 10 nitrogen and oxygen atoms in total. The molecule has 2 N–H and O–H groups in total. The lowest BCUT2D eigenvalue weighted by atomic mass is 10.2. The summed E-state index contributed by atoms with van der Waals surface area (Å²) in [5.41, 5.74) is 0.275. The van der Waals surface area contributed by atoms with Crippen molar-refractivity contribution in [2.24, 2.45) is 7.05 Å². The molecule has 0 saturated heterocycles. The van der Waals surface area contributed by atoms with Gasteiger partial charge < -0.3 is 15.2 Å². The van der Waals surface area contributed by atoms with Crippen LogP contribution in [0.2, 0.25) is 0 Å². The van der Waals surface area contributed by atoms with Crippen LogP contribution in [0.15, 0.2) is 33.9 Å². The smallest absolute Gasteiger partial charge is 0.332 e. The van der Waals surface area contributed by atoms with E-state index in [9.17, 15) is 9.59 Å². The van der Waals surface area contributed by atoms with E-state index in [0.717, 1.165) is 49.0 Å². The van der Waals surface area contributed by atoms with E-state index in [1.54, 1.807) is 4.57 Å². The Bertz CT molecular complexity index is 1180. The third-order valence-corrected chi connectivity index (χ3v) is 5.75. The molecule has 0 bridgehead atoms. The zero-order valence-corrected chi connectivity index (χ0v) is 18.2. The first-order chi connectivity index (χ1) is 15.6. The van der Waals surface area contributed by atoms with E-state index in [4.69, 9.17) is 9.84 Å². The van der Waals surface area contributed by atoms with Crippen molar-refractivity contribution in [3.05, 3.63) is 45.1 Å². The molecule has 32 heavy (non-hydrogen) atoms. The maximum atomic E-state index is 12.7. The molecular formula is C22H28N6O4. The van der Waals surface area contributed by atoms with Crippen molar-refractivity contribution in [3.8, 4) is 17.1 Å². The van der Waals surface area contributed by atoms with Gasteiger partial charge in [0.05, 0.1) is 13.2 Å². The van der Waals surface area contributed by atoms with E-state index in [1.165, 1.54) is 7.05 Å². The number of fused-ring (bicyclic) bond motifs is 1. The van der Waals surface area contributed by atoms with Gasteiger partial charge in [0, 0.05) is 25.2 Å². The summed E-state index contributed by atoms with van der Waals surface area (Å²) in [6.45, 7) is 2.03. The van der Waals surface area contributed by atoms with Crippen LogP contribution in [-0.4, -0.2) is 55.7 Å². The number of rotatable bonds is 9. The molecule has 0 amide bonds. The van der Waals surface area contributed by atoms with Gasteiger partial charge in [-0.05, 0) is 50.1 Å². The van der Waals surface area contributed by atoms with Crippen LogP contribution in [0.25, 0.3) is 22.6 Å². The quantitative estimate of drug-likeness (QED) is 0.473. The lowest BCUT2D eigenvalue weighted by molar-refractivity contribution is 0.282. The SMILES string of the molecule is Cn1c(=O)c2nc(-c3ccc(OCCCNCCO)cc3)nnc2n(C2CCCC2)c1=O. The Labute approximate surface area is 184 Å². The molecule has 0 atom stereocenters. The molecule has 2 heterocycles. The van der Waals surface area contributed by atoms with Crippen molar-refractivity contribution in [1.82, 2.24) is 29.6 Å². The highest BCUT2D eigenvalue weighted by Crippen LogP contribution is 2.29. The van der Waals surface area contributed by atoms with Crippen LogP contribution >= 0.6 is 0 Å². The molecule has 1 aliphatic carbocycles. The van der Waals surface area contributed by atoms with Crippen LogP contribution in [0, 0.1) is 0 Å². The molecule has 2 aromatic heterocycles. The first-order valence-corrected chi connectivity index (χ1v) is 11.0. The largest absolute Gasteiger partial charge is 0.494 e. The van der Waals surface area contributed by atoms with Crippen molar-refractivity contribution < 1.29 is 9.84 Å². The summed E-state index contributed by atoms with van der Waals surface area (Å²) in [5, 5.41) is 20.3. The molecule has 1 saturated carbocycles. The van der Waals surface area contributed by atoms with Gasteiger partial charge in [-0.15, -0.1) is 10.2 Å². The minimum Gasteiger partial charge on any atom is -0.494 e. The first kappa shape index (κ1) is 22.1. The fourth-order valence-electron chi connectivity index (χ4n) is 4.03. The average molecular weight is 441 g/mol. The summed E-state index contributed by atoms with van der Waals surface area (Å²) < 4.78 is 8.40. The molecule has 4 rings (SSSR count). The molecule has 0 radical (unpaired) electrons. The van der Waals surface area contributed by atoms with Gasteiger partial charge in [0.2, 0.25) is 0 Å². The Hall–Kier alpha value is -3.11. The van der Waals surface area contributed by atoms with E-state index in [1.807, 2.05) is 24.3 Å². The average Bonchev–Trinajstić information content (AvgIpc) is 3.35. The predicted molar refractivity (Wildman–Crippen MR) is 120 cm³/mol. The van der Waals surface area contributed by atoms with Crippen LogP contribution in [0.4, 0.5) is 0 Å². The molecule has 1 aliphatic rings. The van der Waals surface area contributed by atoms with E-state index in [-0.39, 0.29) is 29.5 Å². The molecular weight excluding hydrogens is 412 g/mol. The van der Waals surface area contributed by atoms with E-state index in [0.29, 0.717) is 24.5 Å². The van der Waals surface area contributed by atoms with Crippen LogP contribution in [0.5, 0.6) is 5.75 Å². The number of hydrogen-bond acceptors (Lipinski definition) is 8. The topological polar surface area (TPSA) is 124 Å². The maximum Gasteiger partial charge on any atom is 0.332 e. The molecule has 1 aromatic carbocycles. The van der Waals surface area contributed by atoms with Crippen molar-refractivity contribution >= 4 is 11.2 Å². The van der Waals surface area contributed by atoms with Crippen LogP contribution in [-0.2, 0) is 7.05 Å². The van der Waals surface area contributed by atoms with Crippen molar-refractivity contribution in [2.45, 2.75) is 38.1 Å². The Balaban J connectivity index is 1.56. The number of aliphatic hydroxyl groups excluding tert-OH is 1. The number of ether oxygens (including phenoxy) is 1. The highest BCUT2D eigenvalue weighted by molar-refractivity contribution is 5.71. The van der Waals surface area contributed by atoms with Crippen LogP contribution in [0.3, 0.4) is 0 Å². The second-order valence-corrected chi connectivity index (χ2v) is 7.96. The van der Waals surface area contributed by atoms with Crippen molar-refractivity contribution in [1.29, 1.82) is 0 Å². The summed E-state index contributed by atoms with van der Waals surface area (Å²) in [6.07, 6.45) is 4.69. The van der Waals surface area contributed by atoms with Gasteiger partial charge in [-0.25, -0.2) is 9.78 Å². The minimum atomic E-state index is -0.467. The Kier molecular flexibility index (Phi) is 6.91. The fourth-order valence-corrected chi connectivity index (χ4v) is 4.03. The van der Waals surface area contributed by atoms with Gasteiger partial charge in [-0.3, -0.25) is 13.9 Å². The maximum absolute atomic E-state index is 12.7. The number of aliphatic hydroxyl groups is 1. The zero-order valence-electron chi connectivity index (χ0n) is 18.2. The van der Waals surface area contributed by atoms with Gasteiger partial charge in [0.15, 0.2) is 17.0 Å². The second kappa shape index (κ2) is 10.0. The summed E-state index contributed by atoms with van der Waals surface area (Å²) in [7, 11) is 1.48. The zero-order chi connectivity index (χ0) is 22.5. The van der Waals surface area contributed by atoms with E-state index < -0.39 is 5.56 Å². The first-order valence-electron chi connectivity index (χ1n) is 11.0. The highest BCUT2D eigenvalue weighted by atomic mass is 16.5. The Morgan fingerprint density at radius 1 is 1.12 bits per heavy atom. The standard InChI is InChI=1S/C22H28N6O4/c1-27-21(30)18-20(28(22(27)31)16-5-2-3-6-16)26-25-19(24-18)15-7-9-17(10-8-15)32-14-4-11-23-12-13-29/h7-10,16,23,29H,2-6,11-14H2,1H3. The molecule has 10 heteroatoms. The van der Waals surface area contributed by atoms with Crippen molar-refractivity contribution in [2.75, 3.05) is 26.3 Å². The lowest BCUT2D eigenvalue weighted by Crippen LogP contribution is -2.40. The van der Waals surface area contributed by atoms with Crippen LogP contribution < -0.4 is 21.3 Å². The predicted octanol–water partition coefficient (Wildman–Crippen LogP) is 1.02. The van der Waals surface area contributed by atoms with Gasteiger partial charge >= 0.3 is 5.69 Å². The Morgan fingerprint density at radius 3 is 2.59 bits per heavy atom. The summed E-state index contributed by atoms with van der Waals surface area (Å²) in [6, 6.07) is 7.30. The number of benzene rings is 1. The van der Waals surface area contributed by atoms with E-state index >= 15 is 0 Å². The van der Waals surface area contributed by atoms with Gasteiger partial charge in [-0.1, -0.05) is 12.8 Å². The van der Waals surface area contributed by atoms with Gasteiger partial charge in [-0.2, -0.15) is 0 Å². The minimum absolute atomic E-state index is 0.0222. The molecule has 1 fully saturated rings. The number of hydrogen-bond donors (Lipinski definition) is 2. The molecule has 0 spiro atoms.